The van der Waals surface area contributed by atoms with E-state index in [1.807, 2.05) is 0 Å². The number of hydrogen-bond acceptors (Lipinski definition) is 3. The number of ether oxygens (including phenoxy) is 1. The van der Waals surface area contributed by atoms with Gasteiger partial charge < -0.3 is 10.1 Å². The quantitative estimate of drug-likeness (QED) is 0.518. The van der Waals surface area contributed by atoms with Crippen LogP contribution in [0.4, 0.5) is 9.18 Å². The highest BCUT2D eigenvalue weighted by atomic mass is 19.1. The maximum absolute atomic E-state index is 13.1. The van der Waals surface area contributed by atoms with Gasteiger partial charge in [-0.05, 0) is 49.6 Å². The molecule has 0 saturated heterocycles. The van der Waals surface area contributed by atoms with Crippen LogP contribution in [0.1, 0.15) is 31.9 Å². The topological polar surface area (TPSA) is 87.1 Å². The number of carbonyl (C=O) groups excluding carboxylic acids is 1. The Bertz CT molecular complexity index is 534. The molecule has 0 aliphatic carbocycles. The van der Waals surface area contributed by atoms with Crippen LogP contribution in [0.3, 0.4) is 0 Å². The van der Waals surface area contributed by atoms with E-state index in [2.05, 4.69) is 15.3 Å². The number of nitrogens with one attached hydrogen (secondary N) is 1. The zero-order valence-corrected chi connectivity index (χ0v) is 11.7. The first-order chi connectivity index (χ1) is 9.31. The van der Waals surface area contributed by atoms with E-state index in [9.17, 15) is 9.18 Å². The van der Waals surface area contributed by atoms with Crippen LogP contribution in [0.25, 0.3) is 10.4 Å². The summed E-state index contributed by atoms with van der Waals surface area (Å²) in [6.45, 7) is 5.48. The molecule has 7 heteroatoms. The second-order valence-corrected chi connectivity index (χ2v) is 5.16. The van der Waals surface area contributed by atoms with Crippen molar-refractivity contribution in [1.29, 1.82) is 0 Å². The first kappa shape index (κ1) is 15.8. The van der Waals surface area contributed by atoms with Crippen molar-refractivity contribution in [2.75, 3.05) is 0 Å². The molecule has 1 rings (SSSR count). The molecule has 0 aromatic heterocycles. The van der Waals surface area contributed by atoms with Crippen LogP contribution in [0.5, 0.6) is 0 Å². The molecule has 108 valence electrons. The second-order valence-electron chi connectivity index (χ2n) is 5.16. The molecule has 0 saturated carbocycles. The van der Waals surface area contributed by atoms with Crippen molar-refractivity contribution in [3.63, 3.8) is 0 Å². The van der Waals surface area contributed by atoms with E-state index < -0.39 is 17.5 Å². The number of rotatable bonds is 4. The molecule has 1 amide bonds. The summed E-state index contributed by atoms with van der Waals surface area (Å²) >= 11 is 0. The zero-order valence-electron chi connectivity index (χ0n) is 11.7. The van der Waals surface area contributed by atoms with Gasteiger partial charge in [0.05, 0.1) is 6.54 Å². The van der Waals surface area contributed by atoms with Gasteiger partial charge >= 0.3 is 6.09 Å². The predicted octanol–water partition coefficient (Wildman–Crippen LogP) is 3.66. The van der Waals surface area contributed by atoms with Gasteiger partial charge in [0.1, 0.15) is 11.4 Å². The number of nitrogens with zero attached hydrogens (tertiary/aromatic N) is 3. The molecule has 20 heavy (non-hydrogen) atoms. The Morgan fingerprint density at radius 3 is 2.75 bits per heavy atom. The second kappa shape index (κ2) is 6.77. The molecule has 0 unspecified atom stereocenters. The fraction of sp³-hybridized carbons (Fsp3) is 0.462. The smallest absolute Gasteiger partial charge is 0.407 e. The monoisotopic (exact) mass is 280 g/mol. The molecular weight excluding hydrogens is 263 g/mol. The van der Waals surface area contributed by atoms with Gasteiger partial charge in [-0.15, -0.1) is 0 Å². The lowest BCUT2D eigenvalue weighted by Gasteiger charge is -2.20. The van der Waals surface area contributed by atoms with Gasteiger partial charge in [-0.3, -0.25) is 0 Å². The van der Waals surface area contributed by atoms with Gasteiger partial charge in [0, 0.05) is 11.5 Å². The Morgan fingerprint density at radius 2 is 2.15 bits per heavy atom. The number of carbonyl (C=O) groups is 1. The summed E-state index contributed by atoms with van der Waals surface area (Å²) in [7, 11) is 0. The van der Waals surface area contributed by atoms with E-state index in [0.29, 0.717) is 11.1 Å². The van der Waals surface area contributed by atoms with Crippen molar-refractivity contribution in [3.8, 4) is 0 Å². The van der Waals surface area contributed by atoms with Crippen molar-refractivity contribution in [1.82, 2.24) is 5.32 Å². The third-order valence-electron chi connectivity index (χ3n) is 2.29. The summed E-state index contributed by atoms with van der Waals surface area (Å²) in [6.07, 6.45) is -0.559. The van der Waals surface area contributed by atoms with E-state index in [4.69, 9.17) is 10.3 Å². The van der Waals surface area contributed by atoms with E-state index in [0.717, 1.165) is 0 Å². The number of azide groups is 1. The van der Waals surface area contributed by atoms with Gasteiger partial charge in [-0.25, -0.2) is 9.18 Å². The molecule has 0 aliphatic heterocycles. The first-order valence-corrected chi connectivity index (χ1v) is 6.07. The van der Waals surface area contributed by atoms with Crippen molar-refractivity contribution >= 4 is 6.09 Å². The lowest BCUT2D eigenvalue weighted by atomic mass is 10.1. The molecule has 0 fully saturated rings. The molecule has 0 bridgehead atoms. The minimum atomic E-state index is -0.583. The summed E-state index contributed by atoms with van der Waals surface area (Å²) in [4.78, 5) is 14.2. The van der Waals surface area contributed by atoms with Crippen LogP contribution in [-0.4, -0.2) is 11.7 Å². The standard InChI is InChI=1S/C13H17FN4O2/c1-13(2,3)20-12(19)16-7-9-4-5-11(14)6-10(9)8-17-18-15/h4-6H,7-8H2,1-3H3,(H,16,19). The zero-order chi connectivity index (χ0) is 15.2. The van der Waals surface area contributed by atoms with Crippen LogP contribution in [0, 0.1) is 5.82 Å². The summed E-state index contributed by atoms with van der Waals surface area (Å²) in [6, 6.07) is 4.10. The Hall–Kier alpha value is -2.27. The third-order valence-corrected chi connectivity index (χ3v) is 2.29. The number of alkyl carbamates (subject to hydrolysis) is 1. The normalized spacial score (nSPS) is 10.6. The molecule has 0 heterocycles. The Morgan fingerprint density at radius 1 is 1.45 bits per heavy atom. The molecule has 0 spiro atoms. The molecule has 1 aromatic rings. The van der Waals surface area contributed by atoms with Crippen molar-refractivity contribution < 1.29 is 13.9 Å². The van der Waals surface area contributed by atoms with Crippen LogP contribution in [0.15, 0.2) is 23.3 Å². The maximum Gasteiger partial charge on any atom is 0.407 e. The maximum atomic E-state index is 13.1. The average molecular weight is 280 g/mol. The van der Waals surface area contributed by atoms with Crippen LogP contribution < -0.4 is 5.32 Å². The van der Waals surface area contributed by atoms with E-state index in [-0.39, 0.29) is 13.1 Å². The molecule has 0 atom stereocenters. The highest BCUT2D eigenvalue weighted by molar-refractivity contribution is 5.67. The number of benzene rings is 1. The molecule has 1 aromatic carbocycles. The number of halogens is 1. The fourth-order valence-electron chi connectivity index (χ4n) is 1.50. The van der Waals surface area contributed by atoms with Gasteiger partial charge in [0.25, 0.3) is 0 Å². The lowest BCUT2D eigenvalue weighted by Crippen LogP contribution is -2.32. The minimum absolute atomic E-state index is 0.0274. The first-order valence-electron chi connectivity index (χ1n) is 6.07. The van der Waals surface area contributed by atoms with E-state index >= 15 is 0 Å². The van der Waals surface area contributed by atoms with Crippen LogP contribution in [-0.2, 0) is 17.8 Å². The Balaban J connectivity index is 2.72. The highest BCUT2D eigenvalue weighted by Gasteiger charge is 2.16. The van der Waals surface area contributed by atoms with E-state index in [1.54, 1.807) is 20.8 Å². The van der Waals surface area contributed by atoms with Gasteiger partial charge in [-0.1, -0.05) is 11.2 Å². The largest absolute Gasteiger partial charge is 0.444 e. The third kappa shape index (κ3) is 5.58. The number of hydrogen-bond donors (Lipinski definition) is 1. The van der Waals surface area contributed by atoms with E-state index in [1.165, 1.54) is 18.2 Å². The molecule has 6 nitrogen and oxygen atoms in total. The average Bonchev–Trinajstić information content (AvgIpc) is 2.33. The Labute approximate surface area is 116 Å². The van der Waals surface area contributed by atoms with Gasteiger partial charge in [0.15, 0.2) is 0 Å². The summed E-state index contributed by atoms with van der Waals surface area (Å²) in [5, 5.41) is 5.97. The molecule has 0 radical (unpaired) electrons. The van der Waals surface area contributed by atoms with Gasteiger partial charge in [0.2, 0.25) is 0 Å². The van der Waals surface area contributed by atoms with Crippen molar-refractivity contribution in [2.24, 2.45) is 5.11 Å². The summed E-state index contributed by atoms with van der Waals surface area (Å²) in [5.74, 6) is -0.422. The predicted molar refractivity (Wildman–Crippen MR) is 72.3 cm³/mol. The summed E-state index contributed by atoms with van der Waals surface area (Å²) in [5.41, 5.74) is 8.92. The van der Waals surface area contributed by atoms with Crippen molar-refractivity contribution in [3.05, 3.63) is 45.6 Å². The molecule has 1 N–H and O–H groups in total. The minimum Gasteiger partial charge on any atom is -0.444 e. The summed E-state index contributed by atoms with van der Waals surface area (Å²) < 4.78 is 18.2. The lowest BCUT2D eigenvalue weighted by molar-refractivity contribution is 0.0523. The van der Waals surface area contributed by atoms with Crippen molar-refractivity contribution in [2.45, 2.75) is 39.5 Å². The fourth-order valence-corrected chi connectivity index (χ4v) is 1.50. The van der Waals surface area contributed by atoms with Gasteiger partial charge in [-0.2, -0.15) is 0 Å². The van der Waals surface area contributed by atoms with Crippen LogP contribution >= 0.6 is 0 Å². The molecular formula is C13H17FN4O2. The number of amides is 1. The molecule has 0 aliphatic rings. The Kier molecular flexibility index (Phi) is 5.34. The SMILES string of the molecule is CC(C)(C)OC(=O)NCc1ccc(F)cc1CN=[N+]=[N-]. The van der Waals surface area contributed by atoms with Crippen LogP contribution in [0.2, 0.25) is 0 Å². The highest BCUT2D eigenvalue weighted by Crippen LogP contribution is 2.13.